The van der Waals surface area contributed by atoms with E-state index in [-0.39, 0.29) is 0 Å². The fourth-order valence-corrected chi connectivity index (χ4v) is 14.8. The predicted octanol–water partition coefficient (Wildman–Crippen LogP) is 7.83. The Morgan fingerprint density at radius 3 is 1.19 bits per heavy atom. The molecule has 154 valence electrons. The van der Waals surface area contributed by atoms with Crippen LogP contribution in [0.25, 0.3) is 0 Å². The average Bonchev–Trinajstić information content (AvgIpc) is 3.43. The highest BCUT2D eigenvalue weighted by Crippen LogP contribution is 2.72. The molecule has 0 unspecified atom stereocenters. The first-order valence-electron chi connectivity index (χ1n) is 12.1. The molecule has 0 radical (unpaired) electrons. The zero-order valence-electron chi connectivity index (χ0n) is 18.4. The Labute approximate surface area is 167 Å². The standard InChI is InChI=1S/C24H43N2P/c1-19(2)25-17-18-26(20(3)4)24(25)27(21-11-5-6-12-21,22-13-7-8-14-22)23-15-9-10-16-23/h17-23H,5-16H2,1-4H3. The van der Waals surface area contributed by atoms with Gasteiger partial charge in [0.25, 0.3) is 0 Å². The molecule has 0 saturated heterocycles. The molecule has 0 aliphatic heterocycles. The van der Waals surface area contributed by atoms with Gasteiger partial charge in [0.05, 0.1) is 0 Å². The van der Waals surface area contributed by atoms with Crippen LogP contribution < -0.4 is 0 Å². The minimum Gasteiger partial charge on any atom is -0.331 e. The molecule has 0 amide bonds. The van der Waals surface area contributed by atoms with Crippen LogP contribution in [-0.2, 0) is 0 Å². The first-order valence-corrected chi connectivity index (χ1v) is 14.1. The van der Waals surface area contributed by atoms with Crippen molar-refractivity contribution in [3.63, 3.8) is 0 Å². The van der Waals surface area contributed by atoms with Gasteiger partial charge in [0, 0.05) is 24.5 Å². The molecule has 0 aromatic carbocycles. The summed E-state index contributed by atoms with van der Waals surface area (Å²) in [6, 6.07) is 1.17. The van der Waals surface area contributed by atoms with Crippen LogP contribution >= 0.6 is 6.89 Å². The molecular weight excluding hydrogens is 347 g/mol. The molecular formula is C24H43N2P. The van der Waals surface area contributed by atoms with Crippen molar-refractivity contribution in [2.45, 2.75) is 134 Å². The molecule has 3 heteroatoms. The first-order chi connectivity index (χ1) is 13.1. The molecule has 0 spiro atoms. The van der Waals surface area contributed by atoms with Crippen molar-refractivity contribution in [3.05, 3.63) is 17.6 Å². The van der Waals surface area contributed by atoms with Crippen LogP contribution in [-0.4, -0.2) is 26.1 Å². The maximum absolute atomic E-state index is 2.75. The number of aromatic nitrogens is 2. The zero-order valence-corrected chi connectivity index (χ0v) is 19.3. The molecule has 1 aromatic heterocycles. The summed E-state index contributed by atoms with van der Waals surface area (Å²) in [5, 5.41) is 1.85. The Balaban J connectivity index is 2.11. The SMILES string of the molecule is CC(C)n1ccn(C(C)C)c1=P(C1CCCC1)(C1CCCC1)C1CCCC1. The number of hydrogen-bond donors (Lipinski definition) is 0. The van der Waals surface area contributed by atoms with Crippen molar-refractivity contribution in [3.8, 4) is 0 Å². The highest BCUT2D eigenvalue weighted by atomic mass is 31.2. The molecule has 2 nitrogen and oxygen atoms in total. The largest absolute Gasteiger partial charge is 0.331 e. The van der Waals surface area contributed by atoms with E-state index >= 15 is 0 Å². The Bertz CT molecular complexity index is 629. The Morgan fingerprint density at radius 1 is 0.630 bits per heavy atom. The van der Waals surface area contributed by atoms with Gasteiger partial charge in [-0.3, -0.25) is 0 Å². The lowest BCUT2D eigenvalue weighted by Gasteiger charge is -2.43. The van der Waals surface area contributed by atoms with Gasteiger partial charge in [-0.05, 0) is 83.2 Å². The summed E-state index contributed by atoms with van der Waals surface area (Å²) in [5.74, 6) is 0. The Kier molecular flexibility index (Phi) is 6.04. The fraction of sp³-hybridized carbons (Fsp3) is 0.875. The van der Waals surface area contributed by atoms with Crippen molar-refractivity contribution < 1.29 is 0 Å². The summed E-state index contributed by atoms with van der Waals surface area (Å²) in [7, 11) is 0. The molecule has 3 aliphatic carbocycles. The minimum atomic E-state index is -1.20. The third kappa shape index (κ3) is 3.33. The summed E-state index contributed by atoms with van der Waals surface area (Å²) in [6.07, 6.45) is 23.1. The van der Waals surface area contributed by atoms with Gasteiger partial charge in [-0.25, -0.2) is 0 Å². The summed E-state index contributed by atoms with van der Waals surface area (Å²) >= 11 is 0. The van der Waals surface area contributed by atoms with Gasteiger partial charge in [-0.2, -0.15) is 0 Å². The minimum absolute atomic E-state index is 0.587. The second-order valence-corrected chi connectivity index (χ2v) is 14.5. The maximum atomic E-state index is 2.75. The van der Waals surface area contributed by atoms with Crippen LogP contribution in [0.3, 0.4) is 0 Å². The van der Waals surface area contributed by atoms with Gasteiger partial charge in [-0.1, -0.05) is 45.4 Å². The third-order valence-electron chi connectivity index (χ3n) is 8.10. The van der Waals surface area contributed by atoms with E-state index in [1.54, 1.807) is 0 Å². The van der Waals surface area contributed by atoms with Crippen molar-refractivity contribution in [2.24, 2.45) is 0 Å². The average molecular weight is 391 g/mol. The van der Waals surface area contributed by atoms with Gasteiger partial charge in [0.2, 0.25) is 0 Å². The van der Waals surface area contributed by atoms with E-state index < -0.39 is 6.89 Å². The van der Waals surface area contributed by atoms with E-state index in [0.29, 0.717) is 12.1 Å². The number of nitrogens with zero attached hydrogens (tertiary/aromatic N) is 2. The summed E-state index contributed by atoms with van der Waals surface area (Å²) in [5.41, 5.74) is 3.09. The van der Waals surface area contributed by atoms with Crippen LogP contribution in [0.2, 0.25) is 0 Å². The van der Waals surface area contributed by atoms with Crippen LogP contribution in [0.15, 0.2) is 12.4 Å². The Morgan fingerprint density at radius 2 is 0.926 bits per heavy atom. The van der Waals surface area contributed by atoms with Crippen molar-refractivity contribution >= 4 is 6.89 Å². The van der Waals surface area contributed by atoms with E-state index in [2.05, 4.69) is 49.2 Å². The van der Waals surface area contributed by atoms with Crippen molar-refractivity contribution in [1.29, 1.82) is 0 Å². The molecule has 0 bridgehead atoms. The summed E-state index contributed by atoms with van der Waals surface area (Å²) < 4.78 is 5.51. The highest BCUT2D eigenvalue weighted by Gasteiger charge is 2.46. The molecule has 3 saturated carbocycles. The third-order valence-corrected chi connectivity index (χ3v) is 14.4. The second kappa shape index (κ2) is 8.17. The van der Waals surface area contributed by atoms with Gasteiger partial charge in [0.1, 0.15) is 5.20 Å². The van der Waals surface area contributed by atoms with Crippen LogP contribution in [0.5, 0.6) is 0 Å². The molecule has 4 rings (SSSR count). The van der Waals surface area contributed by atoms with E-state index in [1.165, 1.54) is 77.0 Å². The molecule has 27 heavy (non-hydrogen) atoms. The molecule has 0 N–H and O–H groups in total. The first kappa shape index (κ1) is 19.9. The summed E-state index contributed by atoms with van der Waals surface area (Å²) in [6.45, 7) is 8.47. The lowest BCUT2D eigenvalue weighted by molar-refractivity contribution is 0.533. The zero-order chi connectivity index (χ0) is 19.0. The molecule has 0 atom stereocenters. The van der Waals surface area contributed by atoms with Gasteiger partial charge < -0.3 is 9.13 Å². The summed E-state index contributed by atoms with van der Waals surface area (Å²) in [4.78, 5) is 0. The van der Waals surface area contributed by atoms with Gasteiger partial charge in [0.15, 0.2) is 0 Å². The van der Waals surface area contributed by atoms with E-state index in [1.807, 2.05) is 5.20 Å². The normalized spacial score (nSPS) is 23.5. The lowest BCUT2D eigenvalue weighted by Crippen LogP contribution is -2.27. The van der Waals surface area contributed by atoms with Crippen LogP contribution in [0.1, 0.15) is 117 Å². The van der Waals surface area contributed by atoms with Crippen molar-refractivity contribution in [1.82, 2.24) is 9.13 Å². The topological polar surface area (TPSA) is 9.86 Å². The van der Waals surface area contributed by atoms with Gasteiger partial charge >= 0.3 is 0 Å². The van der Waals surface area contributed by atoms with Crippen LogP contribution in [0.4, 0.5) is 0 Å². The number of hydrogen-bond acceptors (Lipinski definition) is 0. The van der Waals surface area contributed by atoms with Crippen molar-refractivity contribution in [2.75, 3.05) is 0 Å². The number of rotatable bonds is 5. The molecule has 3 aliphatic rings. The van der Waals surface area contributed by atoms with E-state index in [9.17, 15) is 0 Å². The number of imidazole rings is 1. The molecule has 3 fully saturated rings. The quantitative estimate of drug-likeness (QED) is 0.453. The predicted molar refractivity (Wildman–Crippen MR) is 120 cm³/mol. The smallest absolute Gasteiger partial charge is 0.108 e. The second-order valence-electron chi connectivity index (χ2n) is 10.2. The van der Waals surface area contributed by atoms with E-state index in [4.69, 9.17) is 0 Å². The fourth-order valence-electron chi connectivity index (χ4n) is 7.00. The molecule has 1 aromatic rings. The van der Waals surface area contributed by atoms with E-state index in [0.717, 1.165) is 17.0 Å². The lowest BCUT2D eigenvalue weighted by atomic mass is 10.3. The maximum Gasteiger partial charge on any atom is 0.108 e. The Hall–Kier alpha value is -0.360. The molecule has 1 heterocycles. The van der Waals surface area contributed by atoms with Gasteiger partial charge in [-0.15, -0.1) is 0 Å². The monoisotopic (exact) mass is 390 g/mol. The highest BCUT2D eigenvalue weighted by molar-refractivity contribution is 7.70. The van der Waals surface area contributed by atoms with Crippen LogP contribution in [0, 0.1) is 5.20 Å².